The summed E-state index contributed by atoms with van der Waals surface area (Å²) in [6, 6.07) is 15.7. The van der Waals surface area contributed by atoms with Crippen LogP contribution in [0.3, 0.4) is 0 Å². The number of sulfonamides is 1. The SMILES string of the molecule is O=C(NCc1ccc(-c2cnc3nc2NCCCNS(=O)(=O)c2cccc(c2)N3)cc1)C1(c2cc(C(F)(F)F)ccc2F)CC1. The number of hydrogen-bond acceptors (Lipinski definition) is 7. The Morgan fingerprint density at radius 2 is 1.78 bits per heavy atom. The Hall–Kier alpha value is -4.56. The number of hydrogen-bond donors (Lipinski definition) is 4. The first-order chi connectivity index (χ1) is 21.4. The Bertz CT molecular complexity index is 1860. The van der Waals surface area contributed by atoms with Gasteiger partial charge in [-0.25, -0.2) is 22.5 Å². The third-order valence-corrected chi connectivity index (χ3v) is 9.30. The maximum Gasteiger partial charge on any atom is 0.416 e. The summed E-state index contributed by atoms with van der Waals surface area (Å²) in [6.45, 7) is 0.755. The molecule has 14 heteroatoms. The van der Waals surface area contributed by atoms with E-state index in [1.165, 1.54) is 12.1 Å². The van der Waals surface area contributed by atoms with Crippen LogP contribution in [0.25, 0.3) is 11.1 Å². The highest BCUT2D eigenvalue weighted by atomic mass is 32.2. The zero-order valence-corrected chi connectivity index (χ0v) is 24.5. The maximum absolute atomic E-state index is 14.5. The molecule has 1 amide bonds. The Labute approximate surface area is 256 Å². The molecule has 1 aliphatic carbocycles. The van der Waals surface area contributed by atoms with Crippen molar-refractivity contribution < 1.29 is 30.8 Å². The molecule has 1 fully saturated rings. The first-order valence-electron chi connectivity index (χ1n) is 14.2. The standard InChI is InChI=1S/C31H28F4N6O3S/c32-26-10-9-21(31(33,34)35)15-25(26)30(11-12-30)28(42)37-17-19-5-7-20(8-6-19)24-18-38-29-40-22-3-1-4-23(16-22)45(43,44)39-14-2-13-36-27(24)41-29/h1,3-10,15-16,18,39H,2,11-14,17H2,(H,37,42)(H2,36,38,40,41). The monoisotopic (exact) mass is 640 g/mol. The van der Waals surface area contributed by atoms with Gasteiger partial charge < -0.3 is 16.0 Å². The van der Waals surface area contributed by atoms with E-state index in [2.05, 4.69) is 30.6 Å². The minimum atomic E-state index is -4.64. The van der Waals surface area contributed by atoms with Crippen molar-refractivity contribution in [2.24, 2.45) is 0 Å². The van der Waals surface area contributed by atoms with Crippen LogP contribution in [-0.4, -0.2) is 37.4 Å². The number of nitrogens with zero attached hydrogens (tertiary/aromatic N) is 2. The third-order valence-electron chi connectivity index (χ3n) is 7.84. The topological polar surface area (TPSA) is 125 Å². The Balaban J connectivity index is 1.17. The van der Waals surface area contributed by atoms with E-state index in [4.69, 9.17) is 0 Å². The van der Waals surface area contributed by atoms with Gasteiger partial charge >= 0.3 is 6.18 Å². The molecule has 0 spiro atoms. The van der Waals surface area contributed by atoms with Crippen LogP contribution in [0.4, 0.5) is 35.0 Å². The molecule has 1 saturated carbocycles. The Kier molecular flexibility index (Phi) is 7.95. The number of rotatable bonds is 5. The van der Waals surface area contributed by atoms with Crippen molar-refractivity contribution >= 4 is 33.4 Å². The summed E-state index contributed by atoms with van der Waals surface area (Å²) in [7, 11) is -3.67. The van der Waals surface area contributed by atoms with Crippen molar-refractivity contribution in [2.45, 2.75) is 42.3 Å². The molecule has 1 aromatic heterocycles. The van der Waals surface area contributed by atoms with E-state index in [9.17, 15) is 30.8 Å². The predicted octanol–water partition coefficient (Wildman–Crippen LogP) is 5.49. The number of aromatic nitrogens is 2. The molecule has 0 radical (unpaired) electrons. The summed E-state index contributed by atoms with van der Waals surface area (Å²) in [5.74, 6) is -0.556. The fraction of sp³-hybridized carbons (Fsp3) is 0.258. The van der Waals surface area contributed by atoms with Gasteiger partial charge in [-0.1, -0.05) is 30.3 Å². The van der Waals surface area contributed by atoms with Crippen molar-refractivity contribution in [1.29, 1.82) is 0 Å². The lowest BCUT2D eigenvalue weighted by Crippen LogP contribution is -2.35. The zero-order valence-electron chi connectivity index (χ0n) is 23.7. The second-order valence-electron chi connectivity index (χ2n) is 10.9. The molecule has 4 N–H and O–H groups in total. The van der Waals surface area contributed by atoms with Gasteiger partial charge in [-0.3, -0.25) is 4.79 Å². The number of alkyl halides is 3. The van der Waals surface area contributed by atoms with Gasteiger partial charge in [0.1, 0.15) is 11.6 Å². The van der Waals surface area contributed by atoms with Gasteiger partial charge in [-0.05, 0) is 66.8 Å². The summed E-state index contributed by atoms with van der Waals surface area (Å²) in [5.41, 5.74) is 0.146. The van der Waals surface area contributed by atoms with Crippen molar-refractivity contribution in [1.82, 2.24) is 20.0 Å². The van der Waals surface area contributed by atoms with Crippen LogP contribution in [0.2, 0.25) is 0 Å². The fourth-order valence-electron chi connectivity index (χ4n) is 5.21. The number of amides is 1. The largest absolute Gasteiger partial charge is 0.416 e. The lowest BCUT2D eigenvalue weighted by atomic mass is 9.92. The lowest BCUT2D eigenvalue weighted by Gasteiger charge is -2.18. The Morgan fingerprint density at radius 3 is 2.51 bits per heavy atom. The molecular formula is C31H28F4N6O3S. The highest BCUT2D eigenvalue weighted by molar-refractivity contribution is 7.89. The average Bonchev–Trinajstić information content (AvgIpc) is 3.82. The van der Waals surface area contributed by atoms with Crippen LogP contribution in [0.15, 0.2) is 77.8 Å². The van der Waals surface area contributed by atoms with Crippen LogP contribution in [0.1, 0.15) is 36.0 Å². The molecular weight excluding hydrogens is 612 g/mol. The number of fused-ring (bicyclic) bond motifs is 4. The summed E-state index contributed by atoms with van der Waals surface area (Å²) < 4.78 is 82.0. The second kappa shape index (κ2) is 11.7. The van der Waals surface area contributed by atoms with Gasteiger partial charge in [0.2, 0.25) is 21.9 Å². The average molecular weight is 641 g/mol. The van der Waals surface area contributed by atoms with Gasteiger partial charge in [0.05, 0.1) is 15.9 Å². The smallest absolute Gasteiger partial charge is 0.369 e. The quantitative estimate of drug-likeness (QED) is 0.213. The first kappa shape index (κ1) is 30.5. The summed E-state index contributed by atoms with van der Waals surface area (Å²) >= 11 is 0. The van der Waals surface area contributed by atoms with Crippen LogP contribution < -0.4 is 20.7 Å². The molecule has 9 nitrogen and oxygen atoms in total. The minimum Gasteiger partial charge on any atom is -0.369 e. The zero-order chi connectivity index (χ0) is 31.8. The number of halogens is 4. The number of anilines is 3. The molecule has 4 bridgehead atoms. The molecule has 0 saturated heterocycles. The number of nitrogens with one attached hydrogen (secondary N) is 4. The summed E-state index contributed by atoms with van der Waals surface area (Å²) in [6.07, 6.45) is -1.99. The normalized spacial score (nSPS) is 17.0. The molecule has 234 valence electrons. The van der Waals surface area contributed by atoms with E-state index in [0.29, 0.717) is 36.1 Å². The minimum absolute atomic E-state index is 0.0981. The first-order valence-corrected chi connectivity index (χ1v) is 15.7. The van der Waals surface area contributed by atoms with E-state index in [1.54, 1.807) is 30.5 Å². The molecule has 6 rings (SSSR count). The predicted molar refractivity (Wildman–Crippen MR) is 160 cm³/mol. The van der Waals surface area contributed by atoms with Crippen molar-refractivity contribution in [3.63, 3.8) is 0 Å². The van der Waals surface area contributed by atoms with Crippen LogP contribution >= 0.6 is 0 Å². The highest BCUT2D eigenvalue weighted by Crippen LogP contribution is 2.50. The van der Waals surface area contributed by atoms with Gasteiger partial charge in [0, 0.05) is 42.6 Å². The molecule has 4 aromatic rings. The van der Waals surface area contributed by atoms with E-state index in [1.807, 2.05) is 12.1 Å². The molecule has 2 heterocycles. The maximum atomic E-state index is 14.5. The number of benzene rings is 3. The van der Waals surface area contributed by atoms with E-state index in [0.717, 1.165) is 23.3 Å². The van der Waals surface area contributed by atoms with Crippen LogP contribution in [0.5, 0.6) is 0 Å². The summed E-state index contributed by atoms with van der Waals surface area (Å²) in [5, 5.41) is 9.05. The fourth-order valence-corrected chi connectivity index (χ4v) is 6.33. The summed E-state index contributed by atoms with van der Waals surface area (Å²) in [4.78, 5) is 22.2. The molecule has 3 aromatic carbocycles. The number of carbonyl (C=O) groups is 1. The van der Waals surface area contributed by atoms with E-state index >= 15 is 0 Å². The second-order valence-corrected chi connectivity index (χ2v) is 12.7. The van der Waals surface area contributed by atoms with E-state index in [-0.39, 0.29) is 42.3 Å². The molecule has 1 aliphatic heterocycles. The number of carbonyl (C=O) groups excluding carboxylic acids is 1. The van der Waals surface area contributed by atoms with Crippen LogP contribution in [-0.2, 0) is 33.0 Å². The molecule has 2 aliphatic rings. The van der Waals surface area contributed by atoms with Gasteiger partial charge in [0.15, 0.2) is 0 Å². The molecule has 0 atom stereocenters. The lowest BCUT2D eigenvalue weighted by molar-refractivity contribution is -0.137. The van der Waals surface area contributed by atoms with Gasteiger partial charge in [-0.15, -0.1) is 0 Å². The van der Waals surface area contributed by atoms with E-state index < -0.39 is 38.9 Å². The van der Waals surface area contributed by atoms with Crippen molar-refractivity contribution in [3.05, 3.63) is 95.4 Å². The molecule has 0 unspecified atom stereocenters. The van der Waals surface area contributed by atoms with Gasteiger partial charge in [0.25, 0.3) is 0 Å². The van der Waals surface area contributed by atoms with Crippen molar-refractivity contribution in [3.8, 4) is 11.1 Å². The van der Waals surface area contributed by atoms with Crippen LogP contribution in [0, 0.1) is 5.82 Å². The highest BCUT2D eigenvalue weighted by Gasteiger charge is 2.53. The van der Waals surface area contributed by atoms with Gasteiger partial charge in [-0.2, -0.15) is 18.2 Å². The van der Waals surface area contributed by atoms with Crippen molar-refractivity contribution in [2.75, 3.05) is 23.7 Å². The molecule has 45 heavy (non-hydrogen) atoms. The third kappa shape index (κ3) is 6.47. The Morgan fingerprint density at radius 1 is 1.00 bits per heavy atom.